The average molecular weight is 260 g/mol. The van der Waals surface area contributed by atoms with E-state index in [4.69, 9.17) is 5.10 Å². The van der Waals surface area contributed by atoms with Gasteiger partial charge in [-0.05, 0) is 12.5 Å². The number of nitrogens with one attached hydrogen (secondary N) is 1. The van der Waals surface area contributed by atoms with Gasteiger partial charge in [-0.1, -0.05) is 31.9 Å². The van der Waals surface area contributed by atoms with Gasteiger partial charge in [-0.3, -0.25) is 9.58 Å². The van der Waals surface area contributed by atoms with E-state index in [0.717, 1.165) is 32.7 Å². The van der Waals surface area contributed by atoms with Crippen LogP contribution >= 0.6 is 0 Å². The van der Waals surface area contributed by atoms with Crippen LogP contribution in [-0.2, 0) is 19.6 Å². The molecular formula is C15H24N4. The molecule has 0 aromatic carbocycles. The Balaban J connectivity index is 1.62. The molecule has 2 aliphatic heterocycles. The fraction of sp³-hybridized carbons (Fsp3) is 0.667. The topological polar surface area (TPSA) is 33.1 Å². The van der Waals surface area contributed by atoms with E-state index in [2.05, 4.69) is 40.0 Å². The van der Waals surface area contributed by atoms with Crippen LogP contribution in [0, 0.1) is 0 Å². The highest BCUT2D eigenvalue weighted by Crippen LogP contribution is 2.19. The molecule has 1 aromatic heterocycles. The van der Waals surface area contributed by atoms with Gasteiger partial charge in [0.2, 0.25) is 0 Å². The maximum absolute atomic E-state index is 4.74. The summed E-state index contributed by atoms with van der Waals surface area (Å²) in [4.78, 5) is 2.54. The van der Waals surface area contributed by atoms with E-state index in [0.29, 0.717) is 6.04 Å². The first-order valence-electron chi connectivity index (χ1n) is 7.54. The Hall–Kier alpha value is -1.13. The third-order valence-electron chi connectivity index (χ3n) is 4.11. The summed E-state index contributed by atoms with van der Waals surface area (Å²) in [7, 11) is 0. The molecule has 4 nitrogen and oxygen atoms in total. The standard InChI is InChI=1S/C15H24N4/c1-2-3-5-14-6-4-8-18(14)12-13-10-15-11-16-7-9-19(15)17-13/h4,6,10,14,16H,2-3,5,7-9,11-12H2,1H3. The zero-order valence-corrected chi connectivity index (χ0v) is 11.8. The molecule has 0 saturated carbocycles. The minimum Gasteiger partial charge on any atom is -0.309 e. The first-order chi connectivity index (χ1) is 9.36. The SMILES string of the molecule is CCCCC1C=CCN1Cc1cc2n(n1)CCNC2. The highest BCUT2D eigenvalue weighted by molar-refractivity contribution is 5.14. The predicted molar refractivity (Wildman–Crippen MR) is 76.8 cm³/mol. The van der Waals surface area contributed by atoms with Crippen LogP contribution in [0.1, 0.15) is 37.6 Å². The van der Waals surface area contributed by atoms with Gasteiger partial charge in [-0.25, -0.2) is 0 Å². The Bertz CT molecular complexity index is 425. The van der Waals surface area contributed by atoms with Crippen LogP contribution in [0.2, 0.25) is 0 Å². The summed E-state index contributed by atoms with van der Waals surface area (Å²) in [6, 6.07) is 2.89. The van der Waals surface area contributed by atoms with Gasteiger partial charge in [0.25, 0.3) is 0 Å². The van der Waals surface area contributed by atoms with Gasteiger partial charge in [0, 0.05) is 32.2 Å². The lowest BCUT2D eigenvalue weighted by Gasteiger charge is -2.23. The molecule has 1 unspecified atom stereocenters. The van der Waals surface area contributed by atoms with Crippen LogP contribution in [0.3, 0.4) is 0 Å². The molecule has 0 amide bonds. The fourth-order valence-electron chi connectivity index (χ4n) is 3.02. The van der Waals surface area contributed by atoms with Crippen LogP contribution in [0.5, 0.6) is 0 Å². The summed E-state index contributed by atoms with van der Waals surface area (Å²) in [6.07, 6.45) is 8.55. The molecule has 1 N–H and O–H groups in total. The van der Waals surface area contributed by atoms with Crippen LogP contribution in [-0.4, -0.2) is 33.8 Å². The summed E-state index contributed by atoms with van der Waals surface area (Å²) in [6.45, 7) is 7.34. The van der Waals surface area contributed by atoms with E-state index in [-0.39, 0.29) is 0 Å². The highest BCUT2D eigenvalue weighted by Gasteiger charge is 2.21. The zero-order chi connectivity index (χ0) is 13.1. The van der Waals surface area contributed by atoms with E-state index >= 15 is 0 Å². The second-order valence-electron chi connectivity index (χ2n) is 5.59. The lowest BCUT2D eigenvalue weighted by atomic mass is 10.1. The third kappa shape index (κ3) is 2.90. The normalized spacial score (nSPS) is 22.9. The van der Waals surface area contributed by atoms with Crippen LogP contribution < -0.4 is 5.32 Å². The predicted octanol–water partition coefficient (Wildman–Crippen LogP) is 1.92. The third-order valence-corrected chi connectivity index (χ3v) is 4.11. The Labute approximate surface area is 115 Å². The van der Waals surface area contributed by atoms with Gasteiger partial charge < -0.3 is 5.32 Å². The molecule has 0 saturated heterocycles. The Kier molecular flexibility index (Phi) is 3.99. The lowest BCUT2D eigenvalue weighted by molar-refractivity contribution is 0.246. The Morgan fingerprint density at radius 2 is 2.42 bits per heavy atom. The van der Waals surface area contributed by atoms with Crippen molar-refractivity contribution < 1.29 is 0 Å². The van der Waals surface area contributed by atoms with Crippen molar-refractivity contribution in [2.75, 3.05) is 13.1 Å². The largest absolute Gasteiger partial charge is 0.309 e. The molecule has 0 radical (unpaired) electrons. The second kappa shape index (κ2) is 5.88. The number of hydrogen-bond donors (Lipinski definition) is 1. The summed E-state index contributed by atoms with van der Waals surface area (Å²) in [5.74, 6) is 0. The summed E-state index contributed by atoms with van der Waals surface area (Å²) >= 11 is 0. The molecule has 19 heavy (non-hydrogen) atoms. The maximum Gasteiger partial charge on any atom is 0.0768 e. The quantitative estimate of drug-likeness (QED) is 0.821. The second-order valence-corrected chi connectivity index (χ2v) is 5.59. The number of rotatable bonds is 5. The Morgan fingerprint density at radius 1 is 1.47 bits per heavy atom. The highest BCUT2D eigenvalue weighted by atomic mass is 15.3. The molecule has 0 spiro atoms. The van der Waals surface area contributed by atoms with Gasteiger partial charge in [0.1, 0.15) is 0 Å². The van der Waals surface area contributed by atoms with E-state index in [1.54, 1.807) is 0 Å². The molecule has 104 valence electrons. The summed E-state index contributed by atoms with van der Waals surface area (Å²) in [5.41, 5.74) is 2.56. The number of nitrogens with zero attached hydrogens (tertiary/aromatic N) is 3. The molecule has 4 heteroatoms. The van der Waals surface area contributed by atoms with Crippen molar-refractivity contribution >= 4 is 0 Å². The van der Waals surface area contributed by atoms with Crippen molar-refractivity contribution in [3.8, 4) is 0 Å². The van der Waals surface area contributed by atoms with E-state index in [1.807, 2.05) is 0 Å². The fourth-order valence-corrected chi connectivity index (χ4v) is 3.02. The number of aromatic nitrogens is 2. The Morgan fingerprint density at radius 3 is 3.26 bits per heavy atom. The maximum atomic E-state index is 4.74. The molecule has 1 atom stereocenters. The molecule has 0 bridgehead atoms. The number of unbranched alkanes of at least 4 members (excludes halogenated alkanes) is 1. The molecular weight excluding hydrogens is 236 g/mol. The number of hydrogen-bond acceptors (Lipinski definition) is 3. The van der Waals surface area contributed by atoms with Crippen molar-refractivity contribution in [1.82, 2.24) is 20.0 Å². The van der Waals surface area contributed by atoms with Gasteiger partial charge in [0.15, 0.2) is 0 Å². The molecule has 2 aliphatic rings. The molecule has 1 aromatic rings. The minimum atomic E-state index is 0.622. The first kappa shape index (κ1) is 12.9. The van der Waals surface area contributed by atoms with Crippen LogP contribution in [0.15, 0.2) is 18.2 Å². The van der Waals surface area contributed by atoms with Gasteiger partial charge in [-0.2, -0.15) is 5.10 Å². The van der Waals surface area contributed by atoms with Crippen molar-refractivity contribution in [3.05, 3.63) is 29.6 Å². The molecule has 0 fully saturated rings. The zero-order valence-electron chi connectivity index (χ0n) is 11.8. The molecule has 3 heterocycles. The average Bonchev–Trinajstić information content (AvgIpc) is 3.02. The summed E-state index contributed by atoms with van der Waals surface area (Å²) < 4.78 is 2.16. The van der Waals surface area contributed by atoms with E-state index in [1.165, 1.54) is 30.7 Å². The van der Waals surface area contributed by atoms with Gasteiger partial charge >= 0.3 is 0 Å². The lowest BCUT2D eigenvalue weighted by Crippen LogP contribution is -2.30. The first-order valence-corrected chi connectivity index (χ1v) is 7.54. The van der Waals surface area contributed by atoms with Crippen molar-refractivity contribution in [2.24, 2.45) is 0 Å². The van der Waals surface area contributed by atoms with Gasteiger partial charge in [0.05, 0.1) is 17.9 Å². The van der Waals surface area contributed by atoms with E-state index in [9.17, 15) is 0 Å². The van der Waals surface area contributed by atoms with Gasteiger partial charge in [-0.15, -0.1) is 0 Å². The number of fused-ring (bicyclic) bond motifs is 1. The minimum absolute atomic E-state index is 0.622. The smallest absolute Gasteiger partial charge is 0.0768 e. The van der Waals surface area contributed by atoms with Crippen molar-refractivity contribution in [1.29, 1.82) is 0 Å². The van der Waals surface area contributed by atoms with E-state index < -0.39 is 0 Å². The molecule has 0 aliphatic carbocycles. The monoisotopic (exact) mass is 260 g/mol. The van der Waals surface area contributed by atoms with Crippen molar-refractivity contribution in [2.45, 2.75) is 51.9 Å². The summed E-state index contributed by atoms with van der Waals surface area (Å²) in [5, 5.41) is 8.13. The van der Waals surface area contributed by atoms with Crippen molar-refractivity contribution in [3.63, 3.8) is 0 Å². The molecule has 3 rings (SSSR count). The van der Waals surface area contributed by atoms with Crippen LogP contribution in [0.25, 0.3) is 0 Å². The van der Waals surface area contributed by atoms with Crippen LogP contribution in [0.4, 0.5) is 0 Å².